The molecule has 0 saturated carbocycles. The Kier molecular flexibility index (Phi) is 3.63. The van der Waals surface area contributed by atoms with Gasteiger partial charge in [0.15, 0.2) is 0 Å². The standard InChI is InChI=1S/C18H12BrClN2O3/c1-22-7-9(19)15-11(22)6-8(14-16(15)18(24)21-17(14)23)13-10(20)4-3-5-12(13)25-2/h3-7H,1-2H3,(H,21,23,24). The second kappa shape index (κ2) is 5.61. The van der Waals surface area contributed by atoms with Crippen LogP contribution >= 0.6 is 27.5 Å². The molecule has 4 rings (SSSR count). The lowest BCUT2D eigenvalue weighted by Crippen LogP contribution is -2.20. The van der Waals surface area contributed by atoms with Crippen LogP contribution in [0.2, 0.25) is 5.02 Å². The third-order valence-corrected chi connectivity index (χ3v) is 5.29. The molecule has 0 aliphatic carbocycles. The molecular formula is C18H12BrClN2O3. The van der Waals surface area contributed by atoms with Gasteiger partial charge in [-0.3, -0.25) is 14.9 Å². The minimum Gasteiger partial charge on any atom is -0.496 e. The van der Waals surface area contributed by atoms with Crippen LogP contribution in [0, 0.1) is 0 Å². The highest BCUT2D eigenvalue weighted by Crippen LogP contribution is 2.44. The van der Waals surface area contributed by atoms with E-state index in [1.807, 2.05) is 23.9 Å². The molecule has 25 heavy (non-hydrogen) atoms. The zero-order valence-corrected chi connectivity index (χ0v) is 15.7. The lowest BCUT2D eigenvalue weighted by atomic mass is 9.93. The number of nitrogens with zero attached hydrogens (tertiary/aromatic N) is 1. The Morgan fingerprint density at radius 1 is 1.16 bits per heavy atom. The number of hydrogen-bond donors (Lipinski definition) is 1. The number of carbonyl (C=O) groups is 2. The smallest absolute Gasteiger partial charge is 0.259 e. The number of aryl methyl sites for hydroxylation is 1. The predicted molar refractivity (Wildman–Crippen MR) is 99.4 cm³/mol. The number of hydrogen-bond acceptors (Lipinski definition) is 3. The van der Waals surface area contributed by atoms with Crippen molar-refractivity contribution in [2.75, 3.05) is 7.11 Å². The van der Waals surface area contributed by atoms with Crippen LogP contribution in [-0.4, -0.2) is 23.5 Å². The molecule has 1 aliphatic rings. The fourth-order valence-corrected chi connectivity index (χ4v) is 4.29. The lowest BCUT2D eigenvalue weighted by Gasteiger charge is -2.14. The zero-order chi connectivity index (χ0) is 17.9. The van der Waals surface area contributed by atoms with Gasteiger partial charge in [0, 0.05) is 34.2 Å². The van der Waals surface area contributed by atoms with Crippen molar-refractivity contribution in [3.63, 3.8) is 0 Å². The molecule has 0 saturated heterocycles. The molecule has 0 bridgehead atoms. The Balaban J connectivity index is 2.21. The van der Waals surface area contributed by atoms with E-state index in [-0.39, 0.29) is 0 Å². The first-order valence-corrected chi connectivity index (χ1v) is 8.61. The molecule has 0 spiro atoms. The molecule has 5 nitrogen and oxygen atoms in total. The summed E-state index contributed by atoms with van der Waals surface area (Å²) in [5.74, 6) is -0.311. The number of nitrogens with one attached hydrogen (secondary N) is 1. The highest BCUT2D eigenvalue weighted by molar-refractivity contribution is 9.10. The van der Waals surface area contributed by atoms with Crippen molar-refractivity contribution < 1.29 is 14.3 Å². The molecule has 0 fully saturated rings. The molecule has 2 amide bonds. The van der Waals surface area contributed by atoms with Gasteiger partial charge in [-0.25, -0.2) is 0 Å². The van der Waals surface area contributed by atoms with Crippen molar-refractivity contribution in [2.24, 2.45) is 7.05 Å². The van der Waals surface area contributed by atoms with Gasteiger partial charge in [-0.1, -0.05) is 17.7 Å². The third-order valence-electron chi connectivity index (χ3n) is 4.38. The van der Waals surface area contributed by atoms with E-state index in [0.717, 1.165) is 9.99 Å². The summed E-state index contributed by atoms with van der Waals surface area (Å²) in [6, 6.07) is 7.13. The summed E-state index contributed by atoms with van der Waals surface area (Å²) in [4.78, 5) is 25.0. The fourth-order valence-electron chi connectivity index (χ4n) is 3.32. The molecule has 2 heterocycles. The van der Waals surface area contributed by atoms with Crippen LogP contribution in [0.4, 0.5) is 0 Å². The average Bonchev–Trinajstić information content (AvgIpc) is 3.03. The van der Waals surface area contributed by atoms with Crippen molar-refractivity contribution in [1.82, 2.24) is 9.88 Å². The van der Waals surface area contributed by atoms with Gasteiger partial charge in [0.05, 0.1) is 28.8 Å². The lowest BCUT2D eigenvalue weighted by molar-refractivity contribution is 0.0880. The number of methoxy groups -OCH3 is 1. The molecule has 1 aromatic heterocycles. The molecular weight excluding hydrogens is 408 g/mol. The van der Waals surface area contributed by atoms with Gasteiger partial charge in [-0.2, -0.15) is 0 Å². The largest absolute Gasteiger partial charge is 0.496 e. The number of amides is 2. The van der Waals surface area contributed by atoms with Gasteiger partial charge in [-0.05, 0) is 34.1 Å². The third kappa shape index (κ3) is 2.21. The summed E-state index contributed by atoms with van der Waals surface area (Å²) in [5, 5.41) is 3.54. The molecule has 1 N–H and O–H groups in total. The van der Waals surface area contributed by atoms with E-state index in [1.54, 1.807) is 18.2 Å². The topological polar surface area (TPSA) is 60.3 Å². The van der Waals surface area contributed by atoms with Crippen molar-refractivity contribution >= 4 is 50.2 Å². The Bertz CT molecular complexity index is 1090. The van der Waals surface area contributed by atoms with E-state index >= 15 is 0 Å². The van der Waals surface area contributed by atoms with Crippen molar-refractivity contribution in [1.29, 1.82) is 0 Å². The predicted octanol–water partition coefficient (Wildman–Crippen LogP) is 4.15. The maximum Gasteiger partial charge on any atom is 0.259 e. The Morgan fingerprint density at radius 3 is 2.60 bits per heavy atom. The summed E-state index contributed by atoms with van der Waals surface area (Å²) in [6.07, 6.45) is 1.86. The molecule has 3 aromatic rings. The Hall–Kier alpha value is -2.31. The maximum absolute atomic E-state index is 12.5. The fraction of sp³-hybridized carbons (Fsp3) is 0.111. The number of fused-ring (bicyclic) bond motifs is 3. The number of imide groups is 1. The van der Waals surface area contributed by atoms with Gasteiger partial charge in [0.2, 0.25) is 0 Å². The Labute approximate surface area is 156 Å². The van der Waals surface area contributed by atoms with Gasteiger partial charge in [0.25, 0.3) is 11.8 Å². The summed E-state index contributed by atoms with van der Waals surface area (Å²) in [5.41, 5.74) is 2.64. The maximum atomic E-state index is 12.5. The van der Waals surface area contributed by atoms with Gasteiger partial charge >= 0.3 is 0 Å². The average molecular weight is 420 g/mol. The molecule has 0 atom stereocenters. The highest BCUT2D eigenvalue weighted by Gasteiger charge is 2.35. The summed E-state index contributed by atoms with van der Waals surface area (Å²) < 4.78 is 8.08. The first-order chi connectivity index (χ1) is 11.9. The van der Waals surface area contributed by atoms with Crippen LogP contribution in [0.1, 0.15) is 20.7 Å². The number of carbonyl (C=O) groups excluding carboxylic acids is 2. The summed E-state index contributed by atoms with van der Waals surface area (Å²) >= 11 is 9.89. The molecule has 126 valence electrons. The van der Waals surface area contributed by atoms with Crippen LogP contribution in [0.3, 0.4) is 0 Å². The van der Waals surface area contributed by atoms with Crippen molar-refractivity contribution in [2.45, 2.75) is 0 Å². The normalized spacial score (nSPS) is 13.3. The number of rotatable bonds is 2. The van der Waals surface area contributed by atoms with Crippen LogP contribution < -0.4 is 10.1 Å². The first-order valence-electron chi connectivity index (χ1n) is 7.44. The molecule has 0 unspecified atom stereocenters. The van der Waals surface area contributed by atoms with E-state index in [0.29, 0.717) is 38.4 Å². The van der Waals surface area contributed by atoms with Crippen LogP contribution in [-0.2, 0) is 7.05 Å². The van der Waals surface area contributed by atoms with Crippen molar-refractivity contribution in [3.05, 3.63) is 51.1 Å². The van der Waals surface area contributed by atoms with Crippen LogP contribution in [0.25, 0.3) is 22.0 Å². The molecule has 7 heteroatoms. The number of halogens is 2. The van der Waals surface area contributed by atoms with Crippen molar-refractivity contribution in [3.8, 4) is 16.9 Å². The van der Waals surface area contributed by atoms with Crippen LogP contribution in [0.5, 0.6) is 5.75 Å². The quantitative estimate of drug-likeness (QED) is 0.635. The Morgan fingerprint density at radius 2 is 1.88 bits per heavy atom. The van der Waals surface area contributed by atoms with E-state index in [4.69, 9.17) is 16.3 Å². The van der Waals surface area contributed by atoms with Gasteiger partial charge in [0.1, 0.15) is 5.75 Å². The van der Waals surface area contributed by atoms with E-state index < -0.39 is 11.8 Å². The molecule has 0 radical (unpaired) electrons. The number of ether oxygens (including phenoxy) is 1. The van der Waals surface area contributed by atoms with E-state index in [2.05, 4.69) is 21.2 Å². The van der Waals surface area contributed by atoms with E-state index in [1.165, 1.54) is 7.11 Å². The number of aromatic nitrogens is 1. The highest BCUT2D eigenvalue weighted by atomic mass is 79.9. The monoisotopic (exact) mass is 418 g/mol. The number of benzene rings is 2. The van der Waals surface area contributed by atoms with Crippen LogP contribution in [0.15, 0.2) is 34.9 Å². The van der Waals surface area contributed by atoms with E-state index in [9.17, 15) is 9.59 Å². The zero-order valence-electron chi connectivity index (χ0n) is 13.3. The second-order valence-electron chi connectivity index (χ2n) is 5.76. The molecule has 1 aliphatic heterocycles. The summed E-state index contributed by atoms with van der Waals surface area (Å²) in [7, 11) is 3.42. The SMILES string of the molecule is COc1cccc(Cl)c1-c1cc2c(c(Br)cn2C)c2c1C(=O)NC2=O. The molecule has 2 aromatic carbocycles. The van der Waals surface area contributed by atoms with Gasteiger partial charge in [-0.15, -0.1) is 0 Å². The van der Waals surface area contributed by atoms with Gasteiger partial charge < -0.3 is 9.30 Å². The minimum absolute atomic E-state index is 0.316. The second-order valence-corrected chi connectivity index (χ2v) is 7.02. The summed E-state index contributed by atoms with van der Waals surface area (Å²) in [6.45, 7) is 0. The minimum atomic E-state index is -0.436. The first kappa shape index (κ1) is 16.2.